The Balaban J connectivity index is 0.986. The van der Waals surface area contributed by atoms with Crippen LogP contribution in [-0.4, -0.2) is 0 Å². The molecule has 0 bridgehead atoms. The van der Waals surface area contributed by atoms with E-state index in [2.05, 4.69) is 153 Å². The lowest BCUT2D eigenvalue weighted by Gasteiger charge is -2.22. The molecular formula is C53H40N2O2. The maximum atomic E-state index is 6.88. The SMILES string of the molecule is CC1(C)c2cc3ccccc3cc2-c2c(-c3ccc(/C=C/C(NC(N)c4ccccc4)c4cccc5oc6cc7c(cc6c45)oc4ccccc47)cc3)cccc21. The van der Waals surface area contributed by atoms with E-state index in [9.17, 15) is 0 Å². The molecule has 2 atom stereocenters. The van der Waals surface area contributed by atoms with Crippen molar-refractivity contribution >= 4 is 60.7 Å². The monoisotopic (exact) mass is 736 g/mol. The van der Waals surface area contributed by atoms with Crippen LogP contribution >= 0.6 is 0 Å². The lowest BCUT2D eigenvalue weighted by molar-refractivity contribution is 0.511. The van der Waals surface area contributed by atoms with Gasteiger partial charge in [-0.2, -0.15) is 0 Å². The minimum absolute atomic E-state index is 0.0861. The number of para-hydroxylation sites is 1. The Morgan fingerprint density at radius 3 is 2.09 bits per heavy atom. The van der Waals surface area contributed by atoms with E-state index < -0.39 is 6.17 Å². The Labute approximate surface area is 330 Å². The highest BCUT2D eigenvalue weighted by atomic mass is 16.3. The van der Waals surface area contributed by atoms with E-state index >= 15 is 0 Å². The molecule has 8 aromatic carbocycles. The first-order chi connectivity index (χ1) is 27.9. The van der Waals surface area contributed by atoms with E-state index in [4.69, 9.17) is 14.6 Å². The van der Waals surface area contributed by atoms with Crippen LogP contribution in [0.1, 0.15) is 53.9 Å². The maximum Gasteiger partial charge on any atom is 0.136 e. The molecule has 0 saturated carbocycles. The number of fused-ring (bicyclic) bond motifs is 10. The van der Waals surface area contributed by atoms with Gasteiger partial charge in [-0.05, 0) is 97.2 Å². The molecule has 4 nitrogen and oxygen atoms in total. The van der Waals surface area contributed by atoms with Gasteiger partial charge in [0.15, 0.2) is 0 Å². The van der Waals surface area contributed by atoms with Crippen molar-refractivity contribution in [3.05, 3.63) is 198 Å². The van der Waals surface area contributed by atoms with E-state index in [0.29, 0.717) is 0 Å². The molecule has 0 fully saturated rings. The van der Waals surface area contributed by atoms with E-state index in [-0.39, 0.29) is 11.5 Å². The predicted octanol–water partition coefficient (Wildman–Crippen LogP) is 13.6. The number of furan rings is 2. The van der Waals surface area contributed by atoms with Crippen LogP contribution in [0.2, 0.25) is 0 Å². The fourth-order valence-corrected chi connectivity index (χ4v) is 9.22. The fraction of sp³-hybridized carbons (Fsp3) is 0.0943. The van der Waals surface area contributed by atoms with Crippen LogP contribution < -0.4 is 11.1 Å². The highest BCUT2D eigenvalue weighted by molar-refractivity contribution is 6.15. The van der Waals surface area contributed by atoms with Crippen LogP contribution in [0.3, 0.4) is 0 Å². The van der Waals surface area contributed by atoms with Crippen molar-refractivity contribution in [2.75, 3.05) is 0 Å². The van der Waals surface area contributed by atoms with Crippen LogP contribution in [0.4, 0.5) is 0 Å². The Morgan fingerprint density at radius 2 is 1.25 bits per heavy atom. The van der Waals surface area contributed by atoms with Gasteiger partial charge in [0, 0.05) is 27.0 Å². The van der Waals surface area contributed by atoms with Gasteiger partial charge in [0.05, 0.1) is 12.2 Å². The van der Waals surface area contributed by atoms with Crippen LogP contribution in [0.15, 0.2) is 179 Å². The van der Waals surface area contributed by atoms with Gasteiger partial charge in [0.2, 0.25) is 0 Å². The molecule has 2 aromatic heterocycles. The normalized spacial score (nSPS) is 14.6. The average molecular weight is 737 g/mol. The second-order valence-electron chi connectivity index (χ2n) is 15.9. The van der Waals surface area contributed by atoms with Crippen molar-refractivity contribution in [1.29, 1.82) is 0 Å². The minimum Gasteiger partial charge on any atom is -0.456 e. The minimum atomic E-state index is -0.400. The third-order valence-electron chi connectivity index (χ3n) is 12.1. The van der Waals surface area contributed by atoms with Crippen LogP contribution in [0, 0.1) is 0 Å². The molecule has 10 aromatic rings. The molecule has 1 aliphatic rings. The predicted molar refractivity (Wildman–Crippen MR) is 236 cm³/mol. The quantitative estimate of drug-likeness (QED) is 0.160. The van der Waals surface area contributed by atoms with E-state index in [0.717, 1.165) is 60.6 Å². The summed E-state index contributed by atoms with van der Waals surface area (Å²) in [7, 11) is 0. The lowest BCUT2D eigenvalue weighted by Crippen LogP contribution is -2.31. The highest BCUT2D eigenvalue weighted by Gasteiger charge is 2.37. The first kappa shape index (κ1) is 33.6. The first-order valence-electron chi connectivity index (χ1n) is 19.7. The third kappa shape index (κ3) is 5.44. The van der Waals surface area contributed by atoms with Gasteiger partial charge < -0.3 is 14.6 Å². The summed E-state index contributed by atoms with van der Waals surface area (Å²) < 4.78 is 12.9. The lowest BCUT2D eigenvalue weighted by atomic mass is 9.81. The van der Waals surface area contributed by atoms with Gasteiger partial charge in [0.25, 0.3) is 0 Å². The molecule has 0 radical (unpaired) electrons. The zero-order valence-corrected chi connectivity index (χ0v) is 31.8. The average Bonchev–Trinajstić information content (AvgIpc) is 3.87. The van der Waals surface area contributed by atoms with Crippen LogP contribution in [-0.2, 0) is 5.41 Å². The number of rotatable bonds is 7. The topological polar surface area (TPSA) is 64.3 Å². The number of hydrogen-bond donors (Lipinski definition) is 2. The Kier molecular flexibility index (Phi) is 7.62. The molecule has 2 heterocycles. The largest absolute Gasteiger partial charge is 0.456 e. The number of hydrogen-bond acceptors (Lipinski definition) is 4. The Bertz CT molecular complexity index is 3200. The molecule has 0 saturated heterocycles. The molecule has 1 aliphatic carbocycles. The maximum absolute atomic E-state index is 6.88. The van der Waals surface area contributed by atoms with Crippen molar-refractivity contribution in [2.45, 2.75) is 31.5 Å². The molecule has 0 aliphatic heterocycles. The molecule has 2 unspecified atom stereocenters. The Hall–Kier alpha value is -6.72. The van der Waals surface area contributed by atoms with Gasteiger partial charge in [-0.15, -0.1) is 0 Å². The highest BCUT2D eigenvalue weighted by Crippen LogP contribution is 2.53. The summed E-state index contributed by atoms with van der Waals surface area (Å²) in [5.41, 5.74) is 21.2. The summed E-state index contributed by atoms with van der Waals surface area (Å²) in [6.45, 7) is 4.70. The molecule has 0 amide bonds. The van der Waals surface area contributed by atoms with Gasteiger partial charge >= 0.3 is 0 Å². The zero-order valence-electron chi connectivity index (χ0n) is 31.8. The van der Waals surface area contributed by atoms with Crippen molar-refractivity contribution < 1.29 is 8.83 Å². The molecule has 4 heteroatoms. The van der Waals surface area contributed by atoms with Gasteiger partial charge in [0.1, 0.15) is 22.3 Å². The van der Waals surface area contributed by atoms with Crippen molar-refractivity contribution in [3.8, 4) is 22.3 Å². The summed E-state index contributed by atoms with van der Waals surface area (Å²) in [4.78, 5) is 0. The number of nitrogens with one attached hydrogen (secondary N) is 1. The second kappa shape index (κ2) is 12.9. The van der Waals surface area contributed by atoms with Crippen molar-refractivity contribution in [2.24, 2.45) is 5.73 Å². The van der Waals surface area contributed by atoms with E-state index in [1.165, 1.54) is 44.2 Å². The number of benzene rings is 8. The van der Waals surface area contributed by atoms with Crippen molar-refractivity contribution in [3.63, 3.8) is 0 Å². The smallest absolute Gasteiger partial charge is 0.136 e. The molecule has 57 heavy (non-hydrogen) atoms. The molecular weight excluding hydrogens is 697 g/mol. The number of nitrogens with two attached hydrogens (primary N) is 1. The fourth-order valence-electron chi connectivity index (χ4n) is 9.22. The van der Waals surface area contributed by atoms with Gasteiger partial charge in [-0.1, -0.05) is 153 Å². The van der Waals surface area contributed by atoms with E-state index in [1.54, 1.807) is 0 Å². The second-order valence-corrected chi connectivity index (χ2v) is 15.9. The van der Waals surface area contributed by atoms with Gasteiger partial charge in [-0.3, -0.25) is 5.32 Å². The Morgan fingerprint density at radius 1 is 0.561 bits per heavy atom. The molecule has 3 N–H and O–H groups in total. The van der Waals surface area contributed by atoms with Gasteiger partial charge in [-0.25, -0.2) is 0 Å². The summed E-state index contributed by atoms with van der Waals surface area (Å²) >= 11 is 0. The molecule has 11 rings (SSSR count). The van der Waals surface area contributed by atoms with Crippen LogP contribution in [0.25, 0.3) is 83.0 Å². The standard InChI is InChI=1S/C53H40N2O2/c1-53(2)43-19-10-17-37(50(43)41-28-35-14-6-7-15-36(35)29-44(41)53)33-25-22-32(23-26-33)24-27-45(55-52(54)34-12-4-3-5-13-34)39-18-11-21-47-51(39)42-31-48-40(30-49(42)57-47)38-16-8-9-20-46(38)56-48/h3-31,45,52,55H,54H2,1-2H3/b27-24+. The van der Waals surface area contributed by atoms with Crippen molar-refractivity contribution in [1.82, 2.24) is 5.32 Å². The summed E-state index contributed by atoms with van der Waals surface area (Å²) in [6, 6.07) is 57.8. The zero-order chi connectivity index (χ0) is 38.3. The summed E-state index contributed by atoms with van der Waals surface area (Å²) in [5.74, 6) is 0. The summed E-state index contributed by atoms with van der Waals surface area (Å²) in [5, 5.41) is 10.5. The summed E-state index contributed by atoms with van der Waals surface area (Å²) in [6.07, 6.45) is 4.01. The molecule has 0 spiro atoms. The first-order valence-corrected chi connectivity index (χ1v) is 19.7. The third-order valence-corrected chi connectivity index (χ3v) is 12.1. The van der Waals surface area contributed by atoms with Crippen LogP contribution in [0.5, 0.6) is 0 Å². The molecule has 274 valence electrons. The van der Waals surface area contributed by atoms with E-state index in [1.807, 2.05) is 42.5 Å².